The number of hydrogen-bond acceptors (Lipinski definition) is 8. The minimum Gasteiger partial charge on any atom is -0.480 e. The number of ether oxygens (including phenoxy) is 1. The Labute approximate surface area is 294 Å². The zero-order valence-corrected chi connectivity index (χ0v) is 29.7. The van der Waals surface area contributed by atoms with Crippen molar-refractivity contribution in [3.05, 3.63) is 46.0 Å². The van der Waals surface area contributed by atoms with Crippen LogP contribution in [0.15, 0.2) is 44.2 Å². The molecule has 1 aromatic rings. The van der Waals surface area contributed by atoms with Crippen LogP contribution in [0.2, 0.25) is 0 Å². The van der Waals surface area contributed by atoms with Crippen LogP contribution in [0, 0.1) is 22.7 Å². The number of carbonyl (C=O) groups is 3. The molecule has 4 aliphatic rings. The molecule has 0 aliphatic heterocycles. The molecular formula is C38H56N4O8. The highest BCUT2D eigenvalue weighted by Gasteiger charge is 2.66. The van der Waals surface area contributed by atoms with Gasteiger partial charge in [-0.3, -0.25) is 14.6 Å². The van der Waals surface area contributed by atoms with Crippen LogP contribution in [0.1, 0.15) is 128 Å². The number of carboxylic acids is 1. The number of hydrogen-bond donors (Lipinski definition) is 5. The quantitative estimate of drug-likeness (QED) is 0.0563. The van der Waals surface area contributed by atoms with Crippen molar-refractivity contribution in [2.45, 2.75) is 140 Å². The standard InChI is InChI=1S/C38H56N4O8/c1-36-18-15-26(50-33(45)10-6-4-3-5-9-31(43)42-30(34(46)47)8-7-21-41-35(39)40)22-25(36)12-13-29-28(36)16-19-37(2)27(17-20-38(29,37)48)24-11-14-32(44)49-23-24/h11,14,22-23,26-30,48H,3-10,12-13,15-21H2,1-2H3,(H,42,43)(H,46,47)(H4,39,40,41)/t26-,27+,28-,29+,30-,36-,37+,38-/m0/s1. The van der Waals surface area contributed by atoms with E-state index in [0.717, 1.165) is 69.8 Å². The molecule has 1 amide bonds. The number of allylic oxidation sites excluding steroid dienone is 1. The number of unbranched alkanes of at least 4 members (excludes halogenated alkanes) is 3. The van der Waals surface area contributed by atoms with Crippen LogP contribution in [0.5, 0.6) is 0 Å². The van der Waals surface area contributed by atoms with Gasteiger partial charge in [-0.15, -0.1) is 0 Å². The Hall–Kier alpha value is -3.67. The summed E-state index contributed by atoms with van der Waals surface area (Å²) in [5, 5.41) is 24.4. The lowest BCUT2D eigenvalue weighted by Gasteiger charge is -2.61. The van der Waals surface area contributed by atoms with Gasteiger partial charge in [0.25, 0.3) is 0 Å². The van der Waals surface area contributed by atoms with Crippen molar-refractivity contribution < 1.29 is 33.8 Å². The maximum atomic E-state index is 12.8. The summed E-state index contributed by atoms with van der Waals surface area (Å²) in [5.41, 5.74) is 11.5. The van der Waals surface area contributed by atoms with Gasteiger partial charge in [0.1, 0.15) is 12.1 Å². The number of carbonyl (C=O) groups excluding carboxylic acids is 2. The van der Waals surface area contributed by atoms with E-state index < -0.39 is 17.6 Å². The van der Waals surface area contributed by atoms with Gasteiger partial charge in [0.2, 0.25) is 5.91 Å². The second-order valence-electron chi connectivity index (χ2n) is 15.6. The zero-order valence-electron chi connectivity index (χ0n) is 29.7. The highest BCUT2D eigenvalue weighted by atomic mass is 16.5. The Bertz CT molecular complexity index is 1500. The van der Waals surface area contributed by atoms with Gasteiger partial charge in [-0.05, 0) is 118 Å². The van der Waals surface area contributed by atoms with Crippen molar-refractivity contribution in [2.75, 3.05) is 6.54 Å². The lowest BCUT2D eigenvalue weighted by Crippen LogP contribution is -2.60. The topological polar surface area (TPSA) is 208 Å². The van der Waals surface area contributed by atoms with Gasteiger partial charge in [-0.25, -0.2) is 9.59 Å². The predicted octanol–water partition coefficient (Wildman–Crippen LogP) is 4.68. The average molecular weight is 697 g/mol. The first-order chi connectivity index (χ1) is 23.8. The Morgan fingerprint density at radius 3 is 2.46 bits per heavy atom. The molecule has 0 unspecified atom stereocenters. The van der Waals surface area contributed by atoms with Crippen LogP contribution >= 0.6 is 0 Å². The van der Waals surface area contributed by atoms with E-state index in [1.807, 2.05) is 6.07 Å². The molecule has 12 heteroatoms. The Kier molecular flexibility index (Phi) is 11.8. The molecular weight excluding hydrogens is 640 g/mol. The minimum absolute atomic E-state index is 0.0229. The summed E-state index contributed by atoms with van der Waals surface area (Å²) in [7, 11) is 0. The SMILES string of the molecule is C[C@]12CC[C@H](OC(=O)CCCCCCC(=O)N[C@@H](CCCN=C(N)N)C(=O)O)C=C1CC[C@@H]1[C@@H]2CC[C@]2(C)[C@@H](c3ccc(=O)oc3)CC[C@]12O. The molecule has 1 heterocycles. The number of nitrogens with one attached hydrogen (secondary N) is 1. The molecule has 3 fully saturated rings. The lowest BCUT2D eigenvalue weighted by molar-refractivity contribution is -0.178. The number of carboxylic acid groups (broad SMARTS) is 1. The number of esters is 1. The van der Waals surface area contributed by atoms with Crippen LogP contribution in [0.25, 0.3) is 0 Å². The first-order valence-electron chi connectivity index (χ1n) is 18.6. The van der Waals surface area contributed by atoms with E-state index in [9.17, 15) is 29.4 Å². The third-order valence-corrected chi connectivity index (χ3v) is 12.8. The first kappa shape index (κ1) is 37.6. The average Bonchev–Trinajstić information content (AvgIpc) is 3.35. The van der Waals surface area contributed by atoms with Gasteiger partial charge in [0, 0.05) is 30.9 Å². The molecule has 5 rings (SSSR count). The van der Waals surface area contributed by atoms with Gasteiger partial charge in [-0.2, -0.15) is 0 Å². The van der Waals surface area contributed by atoms with Crippen LogP contribution in [-0.4, -0.2) is 58.3 Å². The summed E-state index contributed by atoms with van der Waals surface area (Å²) >= 11 is 0. The number of aliphatic imine (C=N–C) groups is 1. The molecule has 0 bridgehead atoms. The highest BCUT2D eigenvalue weighted by Crippen LogP contribution is 2.70. The molecule has 7 N–H and O–H groups in total. The number of fused-ring (bicyclic) bond motifs is 5. The van der Waals surface area contributed by atoms with Crippen molar-refractivity contribution in [1.82, 2.24) is 5.32 Å². The molecule has 4 aliphatic carbocycles. The number of nitrogens with zero attached hydrogens (tertiary/aromatic N) is 1. The van der Waals surface area contributed by atoms with Crippen LogP contribution < -0.4 is 22.4 Å². The van der Waals surface area contributed by atoms with Gasteiger partial charge >= 0.3 is 17.6 Å². The van der Waals surface area contributed by atoms with Gasteiger partial charge in [0.05, 0.1) is 11.9 Å². The summed E-state index contributed by atoms with van der Waals surface area (Å²) < 4.78 is 11.1. The molecule has 0 radical (unpaired) electrons. The molecule has 0 aromatic carbocycles. The third kappa shape index (κ3) is 7.95. The number of aliphatic carboxylic acids is 1. The second kappa shape index (κ2) is 15.7. The van der Waals surface area contributed by atoms with Crippen molar-refractivity contribution in [2.24, 2.45) is 39.1 Å². The van der Waals surface area contributed by atoms with E-state index in [1.165, 1.54) is 11.6 Å². The number of rotatable bonds is 15. The van der Waals surface area contributed by atoms with Gasteiger partial charge < -0.3 is 36.2 Å². The second-order valence-corrected chi connectivity index (χ2v) is 15.6. The molecule has 276 valence electrons. The number of guanidine groups is 1. The summed E-state index contributed by atoms with van der Waals surface area (Å²) in [5.74, 6) is -0.919. The van der Waals surface area contributed by atoms with Crippen LogP contribution in [0.3, 0.4) is 0 Å². The van der Waals surface area contributed by atoms with E-state index in [-0.39, 0.29) is 65.1 Å². The molecule has 8 atom stereocenters. The van der Waals surface area contributed by atoms with Crippen molar-refractivity contribution in [3.8, 4) is 0 Å². The van der Waals surface area contributed by atoms with E-state index in [4.69, 9.17) is 20.6 Å². The predicted molar refractivity (Wildman–Crippen MR) is 188 cm³/mol. The minimum atomic E-state index is -1.09. The Morgan fingerprint density at radius 1 is 1.00 bits per heavy atom. The van der Waals surface area contributed by atoms with Gasteiger partial charge in [-0.1, -0.05) is 32.3 Å². The molecule has 50 heavy (non-hydrogen) atoms. The van der Waals surface area contributed by atoms with Crippen molar-refractivity contribution in [1.29, 1.82) is 0 Å². The fraction of sp³-hybridized carbons (Fsp3) is 0.711. The summed E-state index contributed by atoms with van der Waals surface area (Å²) in [6.45, 7) is 4.90. The Balaban J connectivity index is 1.04. The highest BCUT2D eigenvalue weighted by molar-refractivity contribution is 5.83. The fourth-order valence-corrected chi connectivity index (χ4v) is 10.0. The van der Waals surface area contributed by atoms with E-state index in [0.29, 0.717) is 38.1 Å². The van der Waals surface area contributed by atoms with E-state index in [2.05, 4.69) is 30.2 Å². The van der Waals surface area contributed by atoms with Crippen LogP contribution in [0.4, 0.5) is 0 Å². The van der Waals surface area contributed by atoms with E-state index >= 15 is 0 Å². The smallest absolute Gasteiger partial charge is 0.335 e. The normalized spacial score (nSPS) is 32.0. The summed E-state index contributed by atoms with van der Waals surface area (Å²) in [6.07, 6.45) is 14.7. The molecule has 0 spiro atoms. The number of amides is 1. The molecule has 12 nitrogen and oxygen atoms in total. The monoisotopic (exact) mass is 696 g/mol. The van der Waals surface area contributed by atoms with E-state index in [1.54, 1.807) is 6.26 Å². The summed E-state index contributed by atoms with van der Waals surface area (Å²) in [4.78, 5) is 51.9. The van der Waals surface area contributed by atoms with Gasteiger partial charge in [0.15, 0.2) is 5.96 Å². The third-order valence-electron chi connectivity index (χ3n) is 12.8. The number of nitrogens with two attached hydrogens (primary N) is 2. The zero-order chi connectivity index (χ0) is 36.1. The Morgan fingerprint density at radius 2 is 1.76 bits per heavy atom. The summed E-state index contributed by atoms with van der Waals surface area (Å²) in [6, 6.07) is 2.38. The van der Waals surface area contributed by atoms with Crippen LogP contribution in [-0.2, 0) is 19.1 Å². The van der Waals surface area contributed by atoms with Crippen molar-refractivity contribution >= 4 is 23.8 Å². The fourth-order valence-electron chi connectivity index (χ4n) is 10.0. The van der Waals surface area contributed by atoms with Crippen molar-refractivity contribution in [3.63, 3.8) is 0 Å². The maximum absolute atomic E-state index is 12.8. The maximum Gasteiger partial charge on any atom is 0.335 e. The number of aliphatic hydroxyl groups is 1. The molecule has 1 aromatic heterocycles. The molecule has 0 saturated heterocycles. The first-order valence-corrected chi connectivity index (χ1v) is 18.6. The lowest BCUT2D eigenvalue weighted by atomic mass is 9.45. The molecule has 3 saturated carbocycles. The largest absolute Gasteiger partial charge is 0.480 e.